The second-order valence-electron chi connectivity index (χ2n) is 4.41. The molecule has 0 aromatic carbocycles. The zero-order valence-electron chi connectivity index (χ0n) is 11.1. The van der Waals surface area contributed by atoms with Gasteiger partial charge in [-0.25, -0.2) is 14.5 Å². The molecule has 0 radical (unpaired) electrons. The lowest BCUT2D eigenvalue weighted by atomic mass is 10.2. The lowest BCUT2D eigenvalue weighted by molar-refractivity contribution is 0.244. The average Bonchev–Trinajstić information content (AvgIpc) is 2.99. The number of anilines is 1. The molecule has 7 heteroatoms. The fraction of sp³-hybridized carbons (Fsp3) is 0.417. The minimum absolute atomic E-state index is 0.0401. The van der Waals surface area contributed by atoms with Gasteiger partial charge in [-0.2, -0.15) is 5.10 Å². The van der Waals surface area contributed by atoms with Crippen molar-refractivity contribution in [1.29, 1.82) is 0 Å². The number of carbonyl (C=O) groups excluding carboxylic acids is 1. The summed E-state index contributed by atoms with van der Waals surface area (Å²) in [5.74, 6) is 0. The molecular weight excluding hydrogens is 262 g/mol. The number of hydrogen-bond donors (Lipinski definition) is 2. The van der Waals surface area contributed by atoms with E-state index in [0.29, 0.717) is 0 Å². The van der Waals surface area contributed by atoms with Gasteiger partial charge in [-0.15, -0.1) is 11.3 Å². The maximum absolute atomic E-state index is 11.8. The number of urea groups is 1. The number of nitrogens with zero attached hydrogens (tertiary/aromatic N) is 3. The zero-order chi connectivity index (χ0) is 13.8. The van der Waals surface area contributed by atoms with E-state index in [4.69, 9.17) is 0 Å². The lowest BCUT2D eigenvalue weighted by Crippen LogP contribution is -2.40. The van der Waals surface area contributed by atoms with Crippen LogP contribution >= 0.6 is 11.3 Å². The number of rotatable bonds is 4. The van der Waals surface area contributed by atoms with Gasteiger partial charge in [0.25, 0.3) is 0 Å². The minimum Gasteiger partial charge on any atom is -0.333 e. The maximum Gasteiger partial charge on any atom is 0.320 e. The molecule has 2 aromatic heterocycles. The average molecular weight is 279 g/mol. The normalized spacial score (nSPS) is 13.8. The van der Waals surface area contributed by atoms with Crippen LogP contribution < -0.4 is 10.6 Å². The molecule has 6 nitrogen and oxygen atoms in total. The van der Waals surface area contributed by atoms with Gasteiger partial charge in [-0.3, -0.25) is 5.32 Å². The first-order valence-corrected chi connectivity index (χ1v) is 6.86. The summed E-state index contributed by atoms with van der Waals surface area (Å²) in [4.78, 5) is 16.9. The van der Waals surface area contributed by atoms with Gasteiger partial charge in [-0.1, -0.05) is 0 Å². The van der Waals surface area contributed by atoms with E-state index in [2.05, 4.69) is 20.7 Å². The van der Waals surface area contributed by atoms with Crippen LogP contribution in [-0.4, -0.2) is 26.8 Å². The molecule has 2 N–H and O–H groups in total. The molecule has 2 amide bonds. The van der Waals surface area contributed by atoms with E-state index in [9.17, 15) is 4.79 Å². The van der Waals surface area contributed by atoms with E-state index in [0.717, 1.165) is 5.00 Å². The third kappa shape index (κ3) is 3.54. The summed E-state index contributed by atoms with van der Waals surface area (Å²) in [5.41, 5.74) is 0. The van der Waals surface area contributed by atoms with Crippen molar-refractivity contribution in [3.8, 4) is 0 Å². The summed E-state index contributed by atoms with van der Waals surface area (Å²) < 4.78 is 1.72. The van der Waals surface area contributed by atoms with Gasteiger partial charge in [0.2, 0.25) is 0 Å². The molecule has 0 aliphatic carbocycles. The molecule has 0 aliphatic heterocycles. The molecule has 2 aromatic rings. The van der Waals surface area contributed by atoms with E-state index in [-0.39, 0.29) is 18.1 Å². The number of thiophene rings is 1. The molecule has 2 atom stereocenters. The van der Waals surface area contributed by atoms with Crippen molar-refractivity contribution in [2.75, 3.05) is 5.32 Å². The number of aryl methyl sites for hydroxylation is 1. The van der Waals surface area contributed by atoms with E-state index in [1.807, 2.05) is 32.9 Å². The van der Waals surface area contributed by atoms with Crippen LogP contribution in [0.3, 0.4) is 0 Å². The van der Waals surface area contributed by atoms with Gasteiger partial charge in [0, 0.05) is 10.9 Å². The molecule has 2 rings (SSSR count). The van der Waals surface area contributed by atoms with Gasteiger partial charge in [0.1, 0.15) is 12.7 Å². The quantitative estimate of drug-likeness (QED) is 0.902. The standard InChI is InChI=1S/C12H17N5OS/c1-8-4-5-11(19-8)16-12(18)15-9(2)10(3)17-7-13-6-14-17/h4-7,9-10H,1-3H3,(H2,15,16,18)/t9-,10-/m0/s1. The Bertz CT molecular complexity index is 536. The molecule has 0 fully saturated rings. The third-order valence-corrected chi connectivity index (χ3v) is 3.83. The van der Waals surface area contributed by atoms with Crippen molar-refractivity contribution in [2.45, 2.75) is 32.9 Å². The summed E-state index contributed by atoms with van der Waals surface area (Å²) in [6.07, 6.45) is 3.13. The first-order valence-electron chi connectivity index (χ1n) is 6.04. The van der Waals surface area contributed by atoms with Crippen LogP contribution in [0.4, 0.5) is 9.80 Å². The number of amides is 2. The first-order chi connectivity index (χ1) is 9.06. The van der Waals surface area contributed by atoms with Gasteiger partial charge >= 0.3 is 6.03 Å². The zero-order valence-corrected chi connectivity index (χ0v) is 11.9. The molecule has 0 saturated heterocycles. The van der Waals surface area contributed by atoms with Crippen molar-refractivity contribution >= 4 is 22.4 Å². The van der Waals surface area contributed by atoms with Crippen LogP contribution in [0.15, 0.2) is 24.8 Å². The Hall–Kier alpha value is -1.89. The maximum atomic E-state index is 11.8. The highest BCUT2D eigenvalue weighted by Crippen LogP contribution is 2.20. The van der Waals surface area contributed by atoms with Crippen molar-refractivity contribution in [3.63, 3.8) is 0 Å². The lowest BCUT2D eigenvalue weighted by Gasteiger charge is -2.21. The Kier molecular flexibility index (Phi) is 4.16. The van der Waals surface area contributed by atoms with E-state index < -0.39 is 0 Å². The Morgan fingerprint density at radius 2 is 2.21 bits per heavy atom. The first kappa shape index (κ1) is 13.5. The fourth-order valence-corrected chi connectivity index (χ4v) is 2.40. The molecule has 0 aliphatic rings. The predicted molar refractivity (Wildman–Crippen MR) is 75.4 cm³/mol. The van der Waals surface area contributed by atoms with Crippen LogP contribution in [0.2, 0.25) is 0 Å². The highest BCUT2D eigenvalue weighted by Gasteiger charge is 2.17. The van der Waals surface area contributed by atoms with Crippen molar-refractivity contribution in [3.05, 3.63) is 29.7 Å². The summed E-state index contributed by atoms with van der Waals surface area (Å²) >= 11 is 1.55. The van der Waals surface area contributed by atoms with Gasteiger partial charge in [0.15, 0.2) is 0 Å². The molecule has 0 spiro atoms. The topological polar surface area (TPSA) is 71.8 Å². The monoisotopic (exact) mass is 279 g/mol. The summed E-state index contributed by atoms with van der Waals surface area (Å²) in [7, 11) is 0. The highest BCUT2D eigenvalue weighted by atomic mass is 32.1. The Morgan fingerprint density at radius 3 is 2.79 bits per heavy atom. The molecule has 0 saturated carbocycles. The SMILES string of the molecule is Cc1ccc(NC(=O)N[C@@H](C)[C@H](C)n2cncn2)s1. The van der Waals surface area contributed by atoms with E-state index >= 15 is 0 Å². The molecule has 102 valence electrons. The summed E-state index contributed by atoms with van der Waals surface area (Å²) in [6.45, 7) is 5.92. The number of hydrogen-bond acceptors (Lipinski definition) is 4. The Balaban J connectivity index is 1.88. The number of aromatic nitrogens is 3. The number of nitrogens with one attached hydrogen (secondary N) is 2. The van der Waals surface area contributed by atoms with Crippen LogP contribution in [0.5, 0.6) is 0 Å². The van der Waals surface area contributed by atoms with Crippen molar-refractivity contribution in [1.82, 2.24) is 20.1 Å². The number of carbonyl (C=O) groups is 1. The van der Waals surface area contributed by atoms with E-state index in [1.54, 1.807) is 22.3 Å². The second-order valence-corrected chi connectivity index (χ2v) is 5.70. The van der Waals surface area contributed by atoms with Crippen molar-refractivity contribution < 1.29 is 4.79 Å². The highest BCUT2D eigenvalue weighted by molar-refractivity contribution is 7.16. The van der Waals surface area contributed by atoms with Gasteiger partial charge in [-0.05, 0) is 32.9 Å². The molecular formula is C12H17N5OS. The largest absolute Gasteiger partial charge is 0.333 e. The Morgan fingerprint density at radius 1 is 1.42 bits per heavy atom. The van der Waals surface area contributed by atoms with Crippen LogP contribution in [-0.2, 0) is 0 Å². The van der Waals surface area contributed by atoms with Crippen LogP contribution in [0.25, 0.3) is 0 Å². The molecule has 2 heterocycles. The predicted octanol–water partition coefficient (Wildman–Crippen LogP) is 2.42. The third-order valence-electron chi connectivity index (χ3n) is 2.91. The second kappa shape index (κ2) is 5.83. The minimum atomic E-state index is -0.207. The molecule has 0 unspecified atom stereocenters. The summed E-state index contributed by atoms with van der Waals surface area (Å²) in [6, 6.07) is 3.65. The van der Waals surface area contributed by atoms with E-state index in [1.165, 1.54) is 11.2 Å². The fourth-order valence-electron chi connectivity index (χ4n) is 1.63. The smallest absolute Gasteiger partial charge is 0.320 e. The van der Waals surface area contributed by atoms with Crippen molar-refractivity contribution in [2.24, 2.45) is 0 Å². The molecule has 19 heavy (non-hydrogen) atoms. The Labute approximate surface area is 115 Å². The van der Waals surface area contributed by atoms with Gasteiger partial charge < -0.3 is 5.32 Å². The molecule has 0 bridgehead atoms. The summed E-state index contributed by atoms with van der Waals surface area (Å²) in [5, 5.41) is 10.6. The van der Waals surface area contributed by atoms with Crippen LogP contribution in [0, 0.1) is 6.92 Å². The van der Waals surface area contributed by atoms with Gasteiger partial charge in [0.05, 0.1) is 11.0 Å². The van der Waals surface area contributed by atoms with Crippen LogP contribution in [0.1, 0.15) is 24.8 Å².